The number of methoxy groups -OCH3 is 2. The van der Waals surface area contributed by atoms with Crippen molar-refractivity contribution < 1.29 is 28.6 Å². The molecule has 33 heavy (non-hydrogen) atoms. The smallest absolute Gasteiger partial charge is 0.355 e. The summed E-state index contributed by atoms with van der Waals surface area (Å²) in [6.07, 6.45) is 0.526. The highest BCUT2D eigenvalue weighted by molar-refractivity contribution is 7.14. The third-order valence-electron chi connectivity index (χ3n) is 5.00. The lowest BCUT2D eigenvalue weighted by Crippen LogP contribution is -2.23. The standard InChI is InChI=1S/C23H25N3O6S/c1-6-16-19(21(28)31-5)13(2)20(25-16)22(29)32-11-15-12-33-23(24-15)26(14(3)27)17-9-7-8-10-18(17)30-4/h7-10,12,25H,6,11H2,1-5H3. The number of aromatic nitrogens is 2. The van der Waals surface area contributed by atoms with Crippen molar-refractivity contribution in [3.05, 3.63) is 57.9 Å². The van der Waals surface area contributed by atoms with E-state index in [4.69, 9.17) is 14.2 Å². The predicted molar refractivity (Wildman–Crippen MR) is 123 cm³/mol. The van der Waals surface area contributed by atoms with Gasteiger partial charge in [-0.2, -0.15) is 0 Å². The number of anilines is 2. The summed E-state index contributed by atoms with van der Waals surface area (Å²) in [5.74, 6) is -0.822. The average Bonchev–Trinajstić information content (AvgIpc) is 3.41. The second kappa shape index (κ2) is 10.3. The molecular formula is C23H25N3O6S. The van der Waals surface area contributed by atoms with Gasteiger partial charge < -0.3 is 19.2 Å². The third-order valence-corrected chi connectivity index (χ3v) is 5.87. The highest BCUT2D eigenvalue weighted by atomic mass is 32.1. The fraction of sp³-hybridized carbons (Fsp3) is 0.304. The number of rotatable bonds is 8. The molecule has 9 nitrogen and oxygen atoms in total. The Labute approximate surface area is 195 Å². The molecule has 10 heteroatoms. The molecule has 0 unspecified atom stereocenters. The van der Waals surface area contributed by atoms with Gasteiger partial charge in [-0.15, -0.1) is 11.3 Å². The van der Waals surface area contributed by atoms with E-state index in [0.29, 0.717) is 45.5 Å². The molecule has 0 atom stereocenters. The summed E-state index contributed by atoms with van der Waals surface area (Å²) in [7, 11) is 2.82. The molecule has 0 bridgehead atoms. The molecule has 174 valence electrons. The normalized spacial score (nSPS) is 10.6. The number of carbonyl (C=O) groups excluding carboxylic acids is 3. The Morgan fingerprint density at radius 3 is 2.52 bits per heavy atom. The number of ether oxygens (including phenoxy) is 3. The van der Waals surface area contributed by atoms with Crippen LogP contribution in [0.2, 0.25) is 0 Å². The van der Waals surface area contributed by atoms with Gasteiger partial charge in [0, 0.05) is 18.0 Å². The Bertz CT molecular complexity index is 1180. The number of amides is 1. The number of para-hydroxylation sites is 2. The van der Waals surface area contributed by atoms with E-state index in [1.54, 1.807) is 30.5 Å². The number of thiazole rings is 1. The fourth-order valence-electron chi connectivity index (χ4n) is 3.40. The number of hydrogen-bond donors (Lipinski definition) is 1. The van der Waals surface area contributed by atoms with Crippen LogP contribution in [0.3, 0.4) is 0 Å². The highest BCUT2D eigenvalue weighted by Crippen LogP contribution is 2.35. The molecule has 0 fully saturated rings. The van der Waals surface area contributed by atoms with Gasteiger partial charge in [0.05, 0.1) is 31.2 Å². The second-order valence-electron chi connectivity index (χ2n) is 7.05. The van der Waals surface area contributed by atoms with E-state index < -0.39 is 11.9 Å². The largest absolute Gasteiger partial charge is 0.495 e. The van der Waals surface area contributed by atoms with Gasteiger partial charge in [0.15, 0.2) is 5.13 Å². The highest BCUT2D eigenvalue weighted by Gasteiger charge is 2.25. The van der Waals surface area contributed by atoms with Crippen molar-refractivity contribution in [3.63, 3.8) is 0 Å². The van der Waals surface area contributed by atoms with E-state index in [2.05, 4.69) is 9.97 Å². The lowest BCUT2D eigenvalue weighted by atomic mass is 10.1. The van der Waals surface area contributed by atoms with Crippen LogP contribution in [0.4, 0.5) is 10.8 Å². The van der Waals surface area contributed by atoms with Gasteiger partial charge in [-0.05, 0) is 31.0 Å². The van der Waals surface area contributed by atoms with Crippen LogP contribution >= 0.6 is 11.3 Å². The zero-order chi connectivity index (χ0) is 24.1. The van der Waals surface area contributed by atoms with Crippen LogP contribution in [0, 0.1) is 6.92 Å². The SMILES string of the molecule is CCc1[nH]c(C(=O)OCc2csc(N(C(C)=O)c3ccccc3OC)n2)c(C)c1C(=O)OC. The van der Waals surface area contributed by atoms with Crippen LogP contribution in [0.5, 0.6) is 5.75 Å². The molecule has 2 heterocycles. The minimum Gasteiger partial charge on any atom is -0.495 e. The molecule has 0 aliphatic carbocycles. The molecule has 2 aromatic heterocycles. The van der Waals surface area contributed by atoms with Gasteiger partial charge in [-0.25, -0.2) is 14.6 Å². The van der Waals surface area contributed by atoms with Crippen molar-refractivity contribution in [2.75, 3.05) is 19.1 Å². The Morgan fingerprint density at radius 1 is 1.15 bits per heavy atom. The summed E-state index contributed by atoms with van der Waals surface area (Å²) in [4.78, 5) is 46.0. The molecule has 0 radical (unpaired) electrons. The number of carbonyl (C=O) groups is 3. The molecule has 1 amide bonds. The van der Waals surface area contributed by atoms with Crippen LogP contribution in [0.25, 0.3) is 0 Å². The summed E-state index contributed by atoms with van der Waals surface area (Å²) >= 11 is 1.25. The summed E-state index contributed by atoms with van der Waals surface area (Å²) in [6, 6.07) is 7.13. The minimum absolute atomic E-state index is 0.0967. The molecular weight excluding hydrogens is 446 g/mol. The molecule has 1 aromatic carbocycles. The predicted octanol–water partition coefficient (Wildman–Crippen LogP) is 4.18. The van der Waals surface area contributed by atoms with Gasteiger partial charge in [-0.1, -0.05) is 19.1 Å². The van der Waals surface area contributed by atoms with Crippen LogP contribution in [-0.4, -0.2) is 42.0 Å². The number of H-pyrrole nitrogens is 1. The Balaban J connectivity index is 1.79. The van der Waals surface area contributed by atoms with Gasteiger partial charge in [0.2, 0.25) is 5.91 Å². The van der Waals surface area contributed by atoms with E-state index in [0.717, 1.165) is 0 Å². The molecule has 0 saturated carbocycles. The first-order valence-corrected chi connectivity index (χ1v) is 11.0. The van der Waals surface area contributed by atoms with Crippen molar-refractivity contribution in [2.24, 2.45) is 0 Å². The van der Waals surface area contributed by atoms with Crippen LogP contribution in [0.1, 0.15) is 51.6 Å². The lowest BCUT2D eigenvalue weighted by Gasteiger charge is -2.20. The van der Waals surface area contributed by atoms with Crippen molar-refractivity contribution in [1.82, 2.24) is 9.97 Å². The lowest BCUT2D eigenvalue weighted by molar-refractivity contribution is -0.115. The van der Waals surface area contributed by atoms with Gasteiger partial charge in [0.25, 0.3) is 0 Å². The van der Waals surface area contributed by atoms with E-state index in [9.17, 15) is 14.4 Å². The van der Waals surface area contributed by atoms with E-state index in [-0.39, 0.29) is 18.2 Å². The number of esters is 2. The number of nitrogens with one attached hydrogen (secondary N) is 1. The number of nitrogens with zero attached hydrogens (tertiary/aromatic N) is 2. The Hall–Kier alpha value is -3.66. The summed E-state index contributed by atoms with van der Waals surface area (Å²) in [6.45, 7) is 4.87. The van der Waals surface area contributed by atoms with E-state index >= 15 is 0 Å². The number of benzene rings is 1. The van der Waals surface area contributed by atoms with E-state index in [1.165, 1.54) is 37.4 Å². The topological polar surface area (TPSA) is 111 Å². The first kappa shape index (κ1) is 24.0. The zero-order valence-corrected chi connectivity index (χ0v) is 19.9. The van der Waals surface area contributed by atoms with Gasteiger partial charge in [-0.3, -0.25) is 9.69 Å². The van der Waals surface area contributed by atoms with Gasteiger partial charge >= 0.3 is 11.9 Å². The van der Waals surface area contributed by atoms with Crippen molar-refractivity contribution in [2.45, 2.75) is 33.8 Å². The van der Waals surface area contributed by atoms with Crippen molar-refractivity contribution >= 4 is 40.0 Å². The van der Waals surface area contributed by atoms with Crippen molar-refractivity contribution in [3.8, 4) is 5.75 Å². The maximum atomic E-state index is 12.7. The Kier molecular flexibility index (Phi) is 7.49. The average molecular weight is 472 g/mol. The molecule has 3 rings (SSSR count). The molecule has 0 spiro atoms. The number of aryl methyl sites for hydroxylation is 1. The number of aromatic amines is 1. The molecule has 3 aromatic rings. The number of hydrogen-bond acceptors (Lipinski definition) is 8. The van der Waals surface area contributed by atoms with Gasteiger partial charge in [0.1, 0.15) is 18.1 Å². The van der Waals surface area contributed by atoms with E-state index in [1.807, 2.05) is 13.0 Å². The maximum Gasteiger partial charge on any atom is 0.355 e. The first-order chi connectivity index (χ1) is 15.8. The molecule has 0 saturated heterocycles. The minimum atomic E-state index is -0.611. The summed E-state index contributed by atoms with van der Waals surface area (Å²) in [5.41, 5.74) is 2.67. The van der Waals surface area contributed by atoms with Crippen LogP contribution < -0.4 is 9.64 Å². The molecule has 0 aliphatic heterocycles. The maximum absolute atomic E-state index is 12.7. The van der Waals surface area contributed by atoms with Crippen LogP contribution in [0.15, 0.2) is 29.6 Å². The fourth-order valence-corrected chi connectivity index (χ4v) is 4.27. The third kappa shape index (κ3) is 4.90. The van der Waals surface area contributed by atoms with Crippen LogP contribution in [-0.2, 0) is 27.3 Å². The second-order valence-corrected chi connectivity index (χ2v) is 7.88. The quantitative estimate of drug-likeness (QED) is 0.491. The summed E-state index contributed by atoms with van der Waals surface area (Å²) in [5, 5.41) is 2.14. The Morgan fingerprint density at radius 2 is 1.88 bits per heavy atom. The van der Waals surface area contributed by atoms with Crippen molar-refractivity contribution in [1.29, 1.82) is 0 Å². The molecule has 1 N–H and O–H groups in total. The zero-order valence-electron chi connectivity index (χ0n) is 19.1. The summed E-state index contributed by atoms with van der Waals surface area (Å²) < 4.78 is 15.6. The monoisotopic (exact) mass is 471 g/mol. The molecule has 0 aliphatic rings. The first-order valence-electron chi connectivity index (χ1n) is 10.2.